The van der Waals surface area contributed by atoms with Crippen LogP contribution in [0.25, 0.3) is 0 Å². The molecular formula is C14H26F2. The van der Waals surface area contributed by atoms with Crippen molar-refractivity contribution in [2.45, 2.75) is 13.8 Å². The zero-order valence-electron chi connectivity index (χ0n) is 11.0. The third-order valence-electron chi connectivity index (χ3n) is 0.550. The van der Waals surface area contributed by atoms with Crippen LogP contribution in [0.4, 0.5) is 8.78 Å². The fourth-order valence-electron chi connectivity index (χ4n) is 0.157. The van der Waals surface area contributed by atoms with Crippen LogP contribution < -0.4 is 0 Å². The first-order valence-corrected chi connectivity index (χ1v) is 4.72. The van der Waals surface area contributed by atoms with Crippen molar-refractivity contribution in [3.8, 4) is 0 Å². The minimum absolute atomic E-state index is 0.500. The first kappa shape index (κ1) is 29.3. The highest BCUT2D eigenvalue weighted by atomic mass is 19.1. The summed E-state index contributed by atoms with van der Waals surface area (Å²) in [6.45, 7) is 17.6. The maximum Gasteiger partial charge on any atom is 0.0785 e. The van der Waals surface area contributed by atoms with Crippen LogP contribution in [0.2, 0.25) is 0 Å². The van der Waals surface area contributed by atoms with Crippen LogP contribution in [0.1, 0.15) is 13.8 Å². The molecule has 0 heterocycles. The van der Waals surface area contributed by atoms with Gasteiger partial charge in [-0.15, -0.1) is 0 Å². The van der Waals surface area contributed by atoms with Crippen LogP contribution in [0.3, 0.4) is 0 Å². The van der Waals surface area contributed by atoms with Crippen molar-refractivity contribution in [3.05, 3.63) is 62.8 Å². The fourth-order valence-corrected chi connectivity index (χ4v) is 0.157. The molecule has 16 heavy (non-hydrogen) atoms. The monoisotopic (exact) mass is 232 g/mol. The molecule has 0 aliphatic heterocycles. The first-order chi connectivity index (χ1) is 7.83. The lowest BCUT2D eigenvalue weighted by Crippen LogP contribution is -1.38. The average molecular weight is 232 g/mol. The van der Waals surface area contributed by atoms with Crippen molar-refractivity contribution in [1.82, 2.24) is 0 Å². The van der Waals surface area contributed by atoms with Gasteiger partial charge in [0.25, 0.3) is 0 Å². The van der Waals surface area contributed by atoms with Crippen molar-refractivity contribution < 1.29 is 8.78 Å². The van der Waals surface area contributed by atoms with E-state index in [1.807, 2.05) is 26.0 Å². The van der Waals surface area contributed by atoms with E-state index in [1.54, 1.807) is 24.3 Å². The standard InChI is InChI=1S/C6H8.C4H6.C2H6.2CH3F/c1-3-5-6-4-2;1-3-4-2;3*1-2/h3-6H,1-2H2;3-4H,1-2H2;1-2H3;2*1H3/b6-5-;;;;. The van der Waals surface area contributed by atoms with Crippen LogP contribution in [0.5, 0.6) is 0 Å². The zero-order chi connectivity index (χ0) is 14.2. The van der Waals surface area contributed by atoms with Crippen molar-refractivity contribution in [2.75, 3.05) is 14.4 Å². The van der Waals surface area contributed by atoms with Gasteiger partial charge in [0, 0.05) is 0 Å². The topological polar surface area (TPSA) is 0 Å². The highest BCUT2D eigenvalue weighted by Crippen LogP contribution is 1.69. The van der Waals surface area contributed by atoms with Gasteiger partial charge in [0.2, 0.25) is 0 Å². The van der Waals surface area contributed by atoms with Crippen LogP contribution in [-0.2, 0) is 0 Å². The second-order valence-corrected chi connectivity index (χ2v) is 1.33. The van der Waals surface area contributed by atoms with E-state index in [2.05, 4.69) is 26.3 Å². The normalized spacial score (nSPS) is 5.62. The molecule has 0 saturated heterocycles. The van der Waals surface area contributed by atoms with E-state index in [0.29, 0.717) is 14.4 Å². The minimum Gasteiger partial charge on any atom is -0.255 e. The zero-order valence-corrected chi connectivity index (χ0v) is 11.0. The molecule has 0 saturated carbocycles. The lowest BCUT2D eigenvalue weighted by Gasteiger charge is -1.60. The molecule has 0 unspecified atom stereocenters. The minimum atomic E-state index is 0.500. The summed E-state index contributed by atoms with van der Waals surface area (Å²) in [5.74, 6) is 0. The van der Waals surface area contributed by atoms with E-state index in [0.717, 1.165) is 0 Å². The Morgan fingerprint density at radius 3 is 0.812 bits per heavy atom. The molecule has 0 fully saturated rings. The molecule has 0 N–H and O–H groups in total. The maximum atomic E-state index is 9.50. The Hall–Kier alpha value is -1.44. The van der Waals surface area contributed by atoms with Crippen LogP contribution >= 0.6 is 0 Å². The molecule has 0 spiro atoms. The largest absolute Gasteiger partial charge is 0.255 e. The molecule has 0 aliphatic carbocycles. The Balaban J connectivity index is -0.0000000354. The third-order valence-corrected chi connectivity index (χ3v) is 0.550. The van der Waals surface area contributed by atoms with Gasteiger partial charge < -0.3 is 0 Å². The highest BCUT2D eigenvalue weighted by Gasteiger charge is 1.47. The number of rotatable bonds is 3. The summed E-state index contributed by atoms with van der Waals surface area (Å²) in [6.07, 6.45) is 10.4. The van der Waals surface area contributed by atoms with E-state index >= 15 is 0 Å². The molecule has 2 heteroatoms. The van der Waals surface area contributed by atoms with Gasteiger partial charge in [0.15, 0.2) is 0 Å². The quantitative estimate of drug-likeness (QED) is 0.566. The molecule has 0 rings (SSSR count). The number of hydrogen-bond acceptors (Lipinski definition) is 0. The van der Waals surface area contributed by atoms with E-state index < -0.39 is 0 Å². The van der Waals surface area contributed by atoms with Crippen LogP contribution in [0.15, 0.2) is 62.8 Å². The summed E-state index contributed by atoms with van der Waals surface area (Å²) >= 11 is 0. The molecule has 0 aliphatic rings. The molecule has 0 amide bonds. The first-order valence-electron chi connectivity index (χ1n) is 4.72. The second kappa shape index (κ2) is 103. The molecule has 0 aromatic rings. The SMILES string of the molecule is C=C/C=C\C=C.C=CC=C.CC.CF.CF. The fraction of sp³-hybridized carbons (Fsp3) is 0.286. The number of allylic oxidation sites excluding steroid dienone is 6. The lowest BCUT2D eigenvalue weighted by atomic mass is 10.5. The van der Waals surface area contributed by atoms with E-state index in [1.165, 1.54) is 0 Å². The van der Waals surface area contributed by atoms with Gasteiger partial charge in [-0.05, 0) is 0 Å². The van der Waals surface area contributed by atoms with Crippen LogP contribution in [0, 0.1) is 0 Å². The Morgan fingerprint density at radius 2 is 0.750 bits per heavy atom. The summed E-state index contributed by atoms with van der Waals surface area (Å²) in [6, 6.07) is 0. The summed E-state index contributed by atoms with van der Waals surface area (Å²) in [5.41, 5.74) is 0. The van der Waals surface area contributed by atoms with Gasteiger partial charge >= 0.3 is 0 Å². The summed E-state index contributed by atoms with van der Waals surface area (Å²) < 4.78 is 19.0. The highest BCUT2D eigenvalue weighted by molar-refractivity contribution is 5.05. The van der Waals surface area contributed by atoms with Crippen molar-refractivity contribution in [1.29, 1.82) is 0 Å². The second-order valence-electron chi connectivity index (χ2n) is 1.33. The molecule has 0 nitrogen and oxygen atoms in total. The molecule has 0 aromatic carbocycles. The molecule has 0 aromatic heterocycles. The lowest BCUT2D eigenvalue weighted by molar-refractivity contribution is 0.635. The van der Waals surface area contributed by atoms with E-state index in [-0.39, 0.29) is 0 Å². The summed E-state index contributed by atoms with van der Waals surface area (Å²) in [4.78, 5) is 0. The van der Waals surface area contributed by atoms with Crippen molar-refractivity contribution in [2.24, 2.45) is 0 Å². The summed E-state index contributed by atoms with van der Waals surface area (Å²) in [7, 11) is 1.00. The smallest absolute Gasteiger partial charge is 0.0785 e. The molecule has 0 bridgehead atoms. The third kappa shape index (κ3) is 256. The Bertz CT molecular complexity index is 120. The van der Waals surface area contributed by atoms with E-state index in [9.17, 15) is 8.78 Å². The Labute approximate surface area is 100 Å². The predicted molar refractivity (Wildman–Crippen MR) is 75.3 cm³/mol. The molecular weight excluding hydrogens is 206 g/mol. The van der Waals surface area contributed by atoms with E-state index in [4.69, 9.17) is 0 Å². The van der Waals surface area contributed by atoms with Gasteiger partial charge in [-0.1, -0.05) is 76.6 Å². The Morgan fingerprint density at radius 1 is 0.562 bits per heavy atom. The van der Waals surface area contributed by atoms with Crippen LogP contribution in [-0.4, -0.2) is 14.4 Å². The average Bonchev–Trinajstić information content (AvgIpc) is 2.43. The molecule has 0 atom stereocenters. The van der Waals surface area contributed by atoms with Gasteiger partial charge in [0.1, 0.15) is 0 Å². The molecule has 0 radical (unpaired) electrons. The van der Waals surface area contributed by atoms with Gasteiger partial charge in [-0.2, -0.15) is 0 Å². The summed E-state index contributed by atoms with van der Waals surface area (Å²) in [5, 5.41) is 0. The Kier molecular flexibility index (Phi) is 188. The predicted octanol–water partition coefficient (Wildman–Crippen LogP) is 5.47. The van der Waals surface area contributed by atoms with Crippen molar-refractivity contribution >= 4 is 0 Å². The number of hydrogen-bond donors (Lipinski definition) is 0. The van der Waals surface area contributed by atoms with Gasteiger partial charge in [0.05, 0.1) is 14.4 Å². The van der Waals surface area contributed by atoms with Gasteiger partial charge in [-0.25, -0.2) is 0 Å². The van der Waals surface area contributed by atoms with Crippen molar-refractivity contribution in [3.63, 3.8) is 0 Å². The van der Waals surface area contributed by atoms with Gasteiger partial charge in [-0.3, -0.25) is 8.78 Å². The maximum absolute atomic E-state index is 9.50. The number of halogens is 2. The number of alkyl halides is 2. The molecule has 96 valence electrons.